The van der Waals surface area contributed by atoms with Crippen LogP contribution in [0.2, 0.25) is 5.02 Å². The van der Waals surface area contributed by atoms with Crippen molar-refractivity contribution >= 4 is 29.2 Å². The molecule has 11 heteroatoms. The summed E-state index contributed by atoms with van der Waals surface area (Å²) in [5.41, 5.74) is 2.02. The molecule has 2 aromatic carbocycles. The fourth-order valence-electron chi connectivity index (χ4n) is 5.05. The quantitative estimate of drug-likeness (QED) is 0.456. The number of piperazine rings is 1. The lowest BCUT2D eigenvalue weighted by Crippen LogP contribution is -2.53. The van der Waals surface area contributed by atoms with Gasteiger partial charge in [0, 0.05) is 50.0 Å². The number of hydrogen-bond acceptors (Lipinski definition) is 7. The monoisotopic (exact) mass is 526 g/mol. The number of aromatic nitrogens is 3. The number of halogens is 2. The number of likely N-dealkylation sites (tertiary alicyclic amines) is 1. The van der Waals surface area contributed by atoms with E-state index in [2.05, 4.69) is 20.1 Å². The number of carbonyl (C=O) groups excluding carboxylic acids is 2. The van der Waals surface area contributed by atoms with E-state index >= 15 is 0 Å². The number of hydrogen-bond donors (Lipinski definition) is 0. The van der Waals surface area contributed by atoms with Gasteiger partial charge in [-0.1, -0.05) is 35.0 Å². The third-order valence-corrected chi connectivity index (χ3v) is 7.43. The molecule has 5 rings (SSSR count). The Labute approximate surface area is 219 Å². The predicted molar refractivity (Wildman–Crippen MR) is 136 cm³/mol. The second-order valence-corrected chi connectivity index (χ2v) is 9.70. The maximum atomic E-state index is 13.8. The zero-order valence-corrected chi connectivity index (χ0v) is 21.2. The second-order valence-electron chi connectivity index (χ2n) is 9.29. The molecule has 3 heterocycles. The van der Waals surface area contributed by atoms with Crippen LogP contribution < -0.4 is 4.90 Å². The summed E-state index contributed by atoms with van der Waals surface area (Å²) in [6, 6.07) is 13.5. The highest BCUT2D eigenvalue weighted by Gasteiger charge is 2.41. The van der Waals surface area contributed by atoms with Crippen LogP contribution in [0.25, 0.3) is 0 Å². The summed E-state index contributed by atoms with van der Waals surface area (Å²) >= 11 is 6.44. The predicted octanol–water partition coefficient (Wildman–Crippen LogP) is 3.02. The van der Waals surface area contributed by atoms with E-state index in [1.165, 1.54) is 19.2 Å². The van der Waals surface area contributed by atoms with Crippen molar-refractivity contribution in [2.75, 3.05) is 44.7 Å². The Balaban J connectivity index is 1.31. The normalized spacial score (nSPS) is 20.3. The van der Waals surface area contributed by atoms with E-state index in [0.717, 1.165) is 11.3 Å². The number of ether oxygens (including phenoxy) is 1. The van der Waals surface area contributed by atoms with Crippen LogP contribution in [-0.2, 0) is 16.1 Å². The first kappa shape index (κ1) is 25.2. The highest BCUT2D eigenvalue weighted by molar-refractivity contribution is 6.31. The summed E-state index contributed by atoms with van der Waals surface area (Å²) in [7, 11) is 1.30. The van der Waals surface area contributed by atoms with Crippen molar-refractivity contribution in [2.45, 2.75) is 25.0 Å². The average molecular weight is 527 g/mol. The van der Waals surface area contributed by atoms with Gasteiger partial charge in [-0.2, -0.15) is 0 Å². The molecule has 1 aromatic heterocycles. The lowest BCUT2D eigenvalue weighted by Gasteiger charge is -2.38. The molecule has 0 N–H and O–H groups in total. The van der Waals surface area contributed by atoms with Crippen LogP contribution in [0.3, 0.4) is 0 Å². The molecule has 0 spiro atoms. The Kier molecular flexibility index (Phi) is 7.38. The van der Waals surface area contributed by atoms with Gasteiger partial charge in [-0.25, -0.2) is 13.9 Å². The molecule has 0 unspecified atom stereocenters. The summed E-state index contributed by atoms with van der Waals surface area (Å²) in [6.45, 7) is 3.56. The van der Waals surface area contributed by atoms with Crippen molar-refractivity contribution in [3.05, 3.63) is 76.8 Å². The third-order valence-electron chi connectivity index (χ3n) is 7.06. The molecule has 2 atom stereocenters. The van der Waals surface area contributed by atoms with E-state index in [4.69, 9.17) is 16.3 Å². The van der Waals surface area contributed by atoms with Crippen LogP contribution in [0.4, 0.5) is 10.1 Å². The molecule has 3 aromatic rings. The van der Waals surface area contributed by atoms with Gasteiger partial charge in [-0.05, 0) is 42.3 Å². The number of anilines is 1. The number of amides is 1. The van der Waals surface area contributed by atoms with Gasteiger partial charge in [0.15, 0.2) is 5.69 Å². The molecule has 0 saturated carbocycles. The topological polar surface area (TPSA) is 83.8 Å². The molecule has 1 amide bonds. The average Bonchev–Trinajstić information content (AvgIpc) is 3.57. The van der Waals surface area contributed by atoms with Crippen molar-refractivity contribution in [1.82, 2.24) is 24.8 Å². The molecular weight excluding hydrogens is 499 g/mol. The molecule has 194 valence electrons. The number of benzene rings is 2. The van der Waals surface area contributed by atoms with Crippen molar-refractivity contribution in [3.63, 3.8) is 0 Å². The largest absolute Gasteiger partial charge is 0.464 e. The smallest absolute Gasteiger partial charge is 0.360 e. The summed E-state index contributed by atoms with van der Waals surface area (Å²) in [4.78, 5) is 31.8. The molecule has 2 saturated heterocycles. The fourth-order valence-corrected chi connectivity index (χ4v) is 5.24. The number of esters is 1. The van der Waals surface area contributed by atoms with E-state index < -0.39 is 5.97 Å². The van der Waals surface area contributed by atoms with E-state index in [9.17, 15) is 14.0 Å². The molecule has 9 nitrogen and oxygen atoms in total. The van der Waals surface area contributed by atoms with Gasteiger partial charge < -0.3 is 14.5 Å². The summed E-state index contributed by atoms with van der Waals surface area (Å²) in [5, 5.41) is 8.72. The number of methoxy groups -OCH3 is 1. The van der Waals surface area contributed by atoms with Gasteiger partial charge >= 0.3 is 5.97 Å². The molecule has 2 fully saturated rings. The molecule has 2 aliphatic rings. The molecular formula is C26H28ClFN6O3. The van der Waals surface area contributed by atoms with Crippen LogP contribution in [-0.4, -0.2) is 82.5 Å². The zero-order chi connectivity index (χ0) is 25.9. The Morgan fingerprint density at radius 3 is 2.51 bits per heavy atom. The maximum absolute atomic E-state index is 13.8. The minimum absolute atomic E-state index is 0.0571. The Morgan fingerprint density at radius 2 is 1.81 bits per heavy atom. The highest BCUT2D eigenvalue weighted by Crippen LogP contribution is 2.31. The van der Waals surface area contributed by atoms with E-state index in [1.54, 1.807) is 23.0 Å². The van der Waals surface area contributed by atoms with Gasteiger partial charge in [-0.15, -0.1) is 5.10 Å². The minimum atomic E-state index is -0.552. The number of rotatable bonds is 6. The lowest BCUT2D eigenvalue weighted by molar-refractivity contribution is -0.136. The summed E-state index contributed by atoms with van der Waals surface area (Å²) in [6.07, 6.45) is 2.10. The Hall–Kier alpha value is -3.50. The van der Waals surface area contributed by atoms with Crippen molar-refractivity contribution in [3.8, 4) is 0 Å². The Bertz CT molecular complexity index is 1260. The first-order valence-corrected chi connectivity index (χ1v) is 12.6. The van der Waals surface area contributed by atoms with Gasteiger partial charge in [-0.3, -0.25) is 9.69 Å². The van der Waals surface area contributed by atoms with E-state index in [1.807, 2.05) is 29.2 Å². The first-order valence-electron chi connectivity index (χ1n) is 12.2. The van der Waals surface area contributed by atoms with E-state index in [-0.39, 0.29) is 29.5 Å². The first-order chi connectivity index (χ1) is 17.9. The molecule has 2 aliphatic heterocycles. The van der Waals surface area contributed by atoms with Crippen LogP contribution >= 0.6 is 11.6 Å². The van der Waals surface area contributed by atoms with E-state index in [0.29, 0.717) is 50.7 Å². The van der Waals surface area contributed by atoms with Crippen molar-refractivity contribution in [1.29, 1.82) is 0 Å². The molecule has 0 radical (unpaired) electrons. The second kappa shape index (κ2) is 10.9. The van der Waals surface area contributed by atoms with Gasteiger partial charge in [0.2, 0.25) is 5.91 Å². The van der Waals surface area contributed by atoms with Crippen LogP contribution in [0.1, 0.15) is 28.5 Å². The molecule has 0 aliphatic carbocycles. The third kappa shape index (κ3) is 5.45. The number of carbonyl (C=O) groups is 2. The maximum Gasteiger partial charge on any atom is 0.360 e. The SMILES string of the molecule is COC(=O)c1cn([C@H]2C[C@@H](C(=O)N3CCN(c4ccc(F)cc4)CC3)N(Cc3ccccc3Cl)C2)nn1. The van der Waals surface area contributed by atoms with Gasteiger partial charge in [0.1, 0.15) is 5.82 Å². The summed E-state index contributed by atoms with van der Waals surface area (Å²) in [5.74, 6) is -0.761. The lowest BCUT2D eigenvalue weighted by atomic mass is 10.1. The highest BCUT2D eigenvalue weighted by atomic mass is 35.5. The van der Waals surface area contributed by atoms with Crippen molar-refractivity contribution < 1.29 is 18.7 Å². The van der Waals surface area contributed by atoms with Crippen LogP contribution in [0.5, 0.6) is 0 Å². The number of nitrogens with zero attached hydrogens (tertiary/aromatic N) is 6. The Morgan fingerprint density at radius 1 is 1.08 bits per heavy atom. The minimum Gasteiger partial charge on any atom is -0.464 e. The fraction of sp³-hybridized carbons (Fsp3) is 0.385. The van der Waals surface area contributed by atoms with Crippen LogP contribution in [0, 0.1) is 5.82 Å². The zero-order valence-electron chi connectivity index (χ0n) is 20.5. The van der Waals surface area contributed by atoms with Crippen molar-refractivity contribution in [2.24, 2.45) is 0 Å². The standard InChI is InChI=1S/C26H28ClFN6O3/c1-37-26(36)23-17-34(30-29-23)21-14-24(33(16-21)15-18-4-2-3-5-22(18)27)25(35)32-12-10-31(11-13-32)20-8-6-19(28)7-9-20/h2-9,17,21,24H,10-16H2,1H3/t21-,24-/m0/s1. The molecule has 37 heavy (non-hydrogen) atoms. The van der Waals surface area contributed by atoms with Crippen LogP contribution in [0.15, 0.2) is 54.7 Å². The molecule has 0 bridgehead atoms. The van der Waals surface area contributed by atoms with Gasteiger partial charge in [0.05, 0.1) is 25.4 Å². The van der Waals surface area contributed by atoms with Gasteiger partial charge in [0.25, 0.3) is 0 Å². The summed E-state index contributed by atoms with van der Waals surface area (Å²) < 4.78 is 19.7.